The molecule has 1 aliphatic heterocycles. The van der Waals surface area contributed by atoms with Crippen molar-refractivity contribution in [3.05, 3.63) is 35.9 Å². The molecule has 0 radical (unpaired) electrons. The number of rotatable bonds is 42. The zero-order valence-electron chi connectivity index (χ0n) is 33.4. The van der Waals surface area contributed by atoms with Gasteiger partial charge >= 0.3 is 6.09 Å². The minimum Gasteiger partial charge on any atom is -0.445 e. The van der Waals surface area contributed by atoms with Gasteiger partial charge in [-0.1, -0.05) is 30.3 Å². The molecule has 1 amide bonds. The Hall–Kier alpha value is -2.07. The van der Waals surface area contributed by atoms with Crippen LogP contribution in [0.2, 0.25) is 0 Å². The van der Waals surface area contributed by atoms with Crippen molar-refractivity contribution in [1.82, 2.24) is 5.32 Å². The molecule has 0 spiro atoms. The Kier molecular flexibility index (Phi) is 36.8. The Morgan fingerprint density at radius 3 is 1.20 bits per heavy atom. The van der Waals surface area contributed by atoms with E-state index in [0.717, 1.165) is 31.4 Å². The molecule has 0 aliphatic carbocycles. The van der Waals surface area contributed by atoms with Crippen molar-refractivity contribution in [2.24, 2.45) is 0 Å². The number of amides is 1. The van der Waals surface area contributed by atoms with Crippen LogP contribution in [-0.4, -0.2) is 191 Å². The van der Waals surface area contributed by atoms with Gasteiger partial charge in [-0.05, 0) is 24.8 Å². The predicted molar refractivity (Wildman–Crippen MR) is 204 cm³/mol. The smallest absolute Gasteiger partial charge is 0.407 e. The van der Waals surface area contributed by atoms with E-state index in [2.05, 4.69) is 5.32 Å². The lowest BCUT2D eigenvalue weighted by Crippen LogP contribution is -2.28. The van der Waals surface area contributed by atoms with Crippen molar-refractivity contribution >= 4 is 6.09 Å². The average Bonchev–Trinajstić information content (AvgIpc) is 3.23. The third kappa shape index (κ3) is 35.1. The van der Waals surface area contributed by atoms with E-state index >= 15 is 0 Å². The predicted octanol–water partition coefficient (Wildman–Crippen LogP) is 2.66. The van der Waals surface area contributed by atoms with Gasteiger partial charge in [0.05, 0.1) is 165 Å². The highest BCUT2D eigenvalue weighted by molar-refractivity contribution is 5.67. The molecule has 1 aromatic carbocycles. The maximum atomic E-state index is 11.7. The summed E-state index contributed by atoms with van der Waals surface area (Å²) in [6.07, 6.45) is 2.70. The number of ether oxygens (including phenoxy) is 15. The van der Waals surface area contributed by atoms with Gasteiger partial charge in [0.25, 0.3) is 0 Å². The quantitative estimate of drug-likeness (QED) is 0.0957. The molecule has 1 heterocycles. The lowest BCUT2D eigenvalue weighted by molar-refractivity contribution is -0.169. The number of carbonyl (C=O) groups is 1. The first-order chi connectivity index (χ1) is 27.8. The molecule has 2 rings (SSSR count). The Morgan fingerprint density at radius 2 is 0.839 bits per heavy atom. The van der Waals surface area contributed by atoms with E-state index < -0.39 is 6.09 Å². The van der Waals surface area contributed by atoms with Gasteiger partial charge in [0.15, 0.2) is 6.29 Å². The van der Waals surface area contributed by atoms with Crippen molar-refractivity contribution in [1.29, 1.82) is 0 Å². The second-order valence-electron chi connectivity index (χ2n) is 12.0. The number of benzene rings is 1. The summed E-state index contributed by atoms with van der Waals surface area (Å²) in [5.74, 6) is 0. The summed E-state index contributed by atoms with van der Waals surface area (Å²) < 4.78 is 82.1. The SMILES string of the molecule is O=C(NCCOCCOCCOCCOCCOCCOCCOCCOCCOCCOCCOCCOCCOC1CCCCO1)OCc1ccccc1. The van der Waals surface area contributed by atoms with Gasteiger partial charge in [-0.25, -0.2) is 4.79 Å². The zero-order chi connectivity index (χ0) is 39.5. The number of nitrogens with one attached hydrogen (secondary N) is 1. The Labute approximate surface area is 333 Å². The van der Waals surface area contributed by atoms with Crippen LogP contribution < -0.4 is 5.32 Å². The van der Waals surface area contributed by atoms with Crippen molar-refractivity contribution in [3.8, 4) is 0 Å². The van der Waals surface area contributed by atoms with Crippen LogP contribution in [0.5, 0.6) is 0 Å². The van der Waals surface area contributed by atoms with Crippen LogP contribution in [0.4, 0.5) is 4.79 Å². The van der Waals surface area contributed by atoms with E-state index in [1.165, 1.54) is 0 Å². The summed E-state index contributed by atoms with van der Waals surface area (Å²) in [5.41, 5.74) is 0.936. The Morgan fingerprint density at radius 1 is 0.482 bits per heavy atom. The minimum absolute atomic E-state index is 0.0717. The molecule has 1 unspecified atom stereocenters. The van der Waals surface area contributed by atoms with Gasteiger partial charge in [-0.2, -0.15) is 0 Å². The molecular formula is C39H69NO16. The fourth-order valence-electron chi connectivity index (χ4n) is 4.60. The minimum atomic E-state index is -0.471. The molecule has 326 valence electrons. The van der Waals surface area contributed by atoms with Crippen LogP contribution in [0.3, 0.4) is 0 Å². The lowest BCUT2D eigenvalue weighted by Gasteiger charge is -2.22. The Balaban J connectivity index is 1.12. The summed E-state index contributed by atoms with van der Waals surface area (Å²) in [5, 5.41) is 2.64. The van der Waals surface area contributed by atoms with Gasteiger partial charge in [0, 0.05) is 13.2 Å². The van der Waals surface area contributed by atoms with E-state index in [4.69, 9.17) is 71.1 Å². The van der Waals surface area contributed by atoms with Gasteiger partial charge in [-0.3, -0.25) is 0 Å². The third-order valence-electron chi connectivity index (χ3n) is 7.49. The molecule has 56 heavy (non-hydrogen) atoms. The van der Waals surface area contributed by atoms with E-state index in [1.54, 1.807) is 0 Å². The molecule has 0 aromatic heterocycles. The third-order valence-corrected chi connectivity index (χ3v) is 7.49. The molecule has 0 bridgehead atoms. The molecule has 17 nitrogen and oxygen atoms in total. The molecule has 1 saturated heterocycles. The van der Waals surface area contributed by atoms with Crippen LogP contribution in [-0.2, 0) is 77.7 Å². The normalized spacial score (nSPS) is 14.3. The van der Waals surface area contributed by atoms with Crippen LogP contribution >= 0.6 is 0 Å². The first-order valence-corrected chi connectivity index (χ1v) is 19.9. The topological polar surface area (TPSA) is 168 Å². The fourth-order valence-corrected chi connectivity index (χ4v) is 4.60. The molecule has 17 heteroatoms. The van der Waals surface area contributed by atoms with Crippen molar-refractivity contribution < 1.29 is 75.8 Å². The van der Waals surface area contributed by atoms with Crippen molar-refractivity contribution in [2.45, 2.75) is 32.2 Å². The van der Waals surface area contributed by atoms with Gasteiger partial charge in [-0.15, -0.1) is 0 Å². The summed E-state index contributed by atoms with van der Waals surface area (Å²) in [6.45, 7) is 13.7. The first kappa shape index (κ1) is 50.1. The summed E-state index contributed by atoms with van der Waals surface area (Å²) in [4.78, 5) is 11.7. The number of alkyl carbamates (subject to hydrolysis) is 1. The lowest BCUT2D eigenvalue weighted by atomic mass is 10.2. The number of hydrogen-bond donors (Lipinski definition) is 1. The highest BCUT2D eigenvalue weighted by Gasteiger charge is 2.13. The molecule has 1 aromatic rings. The van der Waals surface area contributed by atoms with Crippen LogP contribution in [0.15, 0.2) is 30.3 Å². The highest BCUT2D eigenvalue weighted by Crippen LogP contribution is 2.13. The van der Waals surface area contributed by atoms with Crippen molar-refractivity contribution in [3.63, 3.8) is 0 Å². The summed E-state index contributed by atoms with van der Waals surface area (Å²) >= 11 is 0. The monoisotopic (exact) mass is 807 g/mol. The fraction of sp³-hybridized carbons (Fsp3) is 0.821. The van der Waals surface area contributed by atoms with Crippen LogP contribution in [0.25, 0.3) is 0 Å². The number of hydrogen-bond acceptors (Lipinski definition) is 16. The largest absolute Gasteiger partial charge is 0.445 e. The van der Waals surface area contributed by atoms with E-state index in [1.807, 2.05) is 30.3 Å². The van der Waals surface area contributed by atoms with Crippen LogP contribution in [0.1, 0.15) is 24.8 Å². The summed E-state index contributed by atoms with van der Waals surface area (Å²) in [7, 11) is 0. The van der Waals surface area contributed by atoms with Crippen molar-refractivity contribution in [2.75, 3.05) is 178 Å². The van der Waals surface area contributed by atoms with E-state index in [0.29, 0.717) is 172 Å². The maximum absolute atomic E-state index is 11.7. The molecule has 1 aliphatic rings. The first-order valence-electron chi connectivity index (χ1n) is 19.9. The Bertz CT molecular complexity index is 947. The molecule has 0 saturated carbocycles. The van der Waals surface area contributed by atoms with Gasteiger partial charge < -0.3 is 76.4 Å². The van der Waals surface area contributed by atoms with E-state index in [9.17, 15) is 4.79 Å². The van der Waals surface area contributed by atoms with Gasteiger partial charge in [0.2, 0.25) is 0 Å². The van der Waals surface area contributed by atoms with Crippen LogP contribution in [0, 0.1) is 0 Å². The molecular weight excluding hydrogens is 738 g/mol. The molecule has 1 fully saturated rings. The molecule has 1 atom stereocenters. The summed E-state index contributed by atoms with van der Waals surface area (Å²) in [6, 6.07) is 9.51. The average molecular weight is 808 g/mol. The highest BCUT2D eigenvalue weighted by atomic mass is 16.7. The van der Waals surface area contributed by atoms with E-state index in [-0.39, 0.29) is 12.9 Å². The molecule has 1 N–H and O–H groups in total. The second-order valence-corrected chi connectivity index (χ2v) is 12.0. The standard InChI is InChI=1S/C39H69NO16/c41-39(56-36-37-6-2-1-3-7-37)40-9-11-42-12-13-43-14-15-44-16-17-45-18-19-46-20-21-47-22-23-48-24-25-49-26-27-50-28-29-51-30-31-52-32-33-53-34-35-55-38-8-4-5-10-54-38/h1-3,6-7,38H,4-5,8-36H2,(H,40,41). The maximum Gasteiger partial charge on any atom is 0.407 e. The number of carbonyl (C=O) groups excluding carboxylic acids is 1. The zero-order valence-corrected chi connectivity index (χ0v) is 33.4. The second kappa shape index (κ2) is 41.1. The van der Waals surface area contributed by atoms with Gasteiger partial charge in [0.1, 0.15) is 6.61 Å².